The van der Waals surface area contributed by atoms with Crippen LogP contribution in [0.25, 0.3) is 11.1 Å². The molecule has 0 spiro atoms. The van der Waals surface area contributed by atoms with Gasteiger partial charge in [0.1, 0.15) is 0 Å². The predicted octanol–water partition coefficient (Wildman–Crippen LogP) is 8.78. The highest BCUT2D eigenvalue weighted by atomic mass is 14.5. The van der Waals surface area contributed by atoms with Crippen LogP contribution in [0.3, 0.4) is 0 Å². The van der Waals surface area contributed by atoms with Crippen LogP contribution in [-0.4, -0.2) is 0 Å². The first-order valence-corrected chi connectivity index (χ1v) is 13.1. The molecule has 2 atom stereocenters. The Morgan fingerprint density at radius 2 is 1.34 bits per heavy atom. The van der Waals surface area contributed by atoms with Crippen LogP contribution < -0.4 is 5.73 Å². The summed E-state index contributed by atoms with van der Waals surface area (Å²) in [5, 5.41) is 0. The summed E-state index contributed by atoms with van der Waals surface area (Å²) < 4.78 is 0. The normalized spacial score (nSPS) is 25.0. The average Bonchev–Trinajstić information content (AvgIpc) is 2.85. The second-order valence-electron chi connectivity index (χ2n) is 10.6. The molecule has 3 aliphatic rings. The molecule has 0 heterocycles. The van der Waals surface area contributed by atoms with E-state index in [9.17, 15) is 0 Å². The lowest BCUT2D eigenvalue weighted by molar-refractivity contribution is 0.403. The van der Waals surface area contributed by atoms with Crippen LogP contribution in [-0.2, 0) is 0 Å². The smallest absolute Gasteiger partial charge is 0.0323 e. The first kappa shape index (κ1) is 21.6. The van der Waals surface area contributed by atoms with E-state index in [2.05, 4.69) is 67.6 Å². The summed E-state index contributed by atoms with van der Waals surface area (Å²) in [4.78, 5) is 0. The Bertz CT molecular complexity index is 968. The molecule has 0 aromatic heterocycles. The highest BCUT2D eigenvalue weighted by molar-refractivity contribution is 5.69. The van der Waals surface area contributed by atoms with Crippen molar-refractivity contribution in [2.75, 3.05) is 5.73 Å². The minimum atomic E-state index is 0.408. The molecule has 2 unspecified atom stereocenters. The largest absolute Gasteiger partial charge is 0.399 e. The van der Waals surface area contributed by atoms with E-state index in [1.807, 2.05) is 0 Å². The molecule has 2 fully saturated rings. The molecule has 1 nitrogen and oxygen atoms in total. The Balaban J connectivity index is 1.35. The van der Waals surface area contributed by atoms with Crippen LogP contribution in [0, 0.1) is 11.8 Å². The van der Waals surface area contributed by atoms with Crippen molar-refractivity contribution >= 4 is 5.69 Å². The van der Waals surface area contributed by atoms with Crippen molar-refractivity contribution in [2.45, 2.75) is 83.0 Å². The Labute approximate surface area is 194 Å². The van der Waals surface area contributed by atoms with Gasteiger partial charge < -0.3 is 5.73 Å². The average molecular weight is 426 g/mol. The van der Waals surface area contributed by atoms with Crippen LogP contribution in [0.1, 0.15) is 94.1 Å². The van der Waals surface area contributed by atoms with Gasteiger partial charge in [-0.15, -0.1) is 0 Å². The first-order chi connectivity index (χ1) is 15.7. The Morgan fingerprint density at radius 3 is 2.00 bits per heavy atom. The molecule has 0 saturated heterocycles. The lowest BCUT2D eigenvalue weighted by atomic mass is 9.76. The molecule has 0 aliphatic heterocycles. The van der Waals surface area contributed by atoms with Gasteiger partial charge in [-0.3, -0.25) is 0 Å². The van der Waals surface area contributed by atoms with Gasteiger partial charge in [0.05, 0.1) is 0 Å². The van der Waals surface area contributed by atoms with Crippen molar-refractivity contribution in [3.8, 4) is 11.1 Å². The van der Waals surface area contributed by atoms with Crippen molar-refractivity contribution in [3.05, 3.63) is 77.4 Å². The maximum atomic E-state index is 6.40. The molecular weight excluding hydrogens is 386 g/mol. The third-order valence-corrected chi connectivity index (χ3v) is 8.28. The lowest BCUT2D eigenvalue weighted by Crippen LogP contribution is -2.15. The summed E-state index contributed by atoms with van der Waals surface area (Å²) >= 11 is 0. The summed E-state index contributed by atoms with van der Waals surface area (Å²) in [5.74, 6) is 2.46. The molecule has 2 aromatic rings. The highest BCUT2D eigenvalue weighted by Crippen LogP contribution is 2.40. The number of hydrogen-bond acceptors (Lipinski definition) is 1. The predicted molar refractivity (Wildman–Crippen MR) is 138 cm³/mol. The summed E-state index contributed by atoms with van der Waals surface area (Å²) in [6, 6.07) is 16.0. The van der Waals surface area contributed by atoms with Crippen molar-refractivity contribution in [1.29, 1.82) is 0 Å². The van der Waals surface area contributed by atoms with Crippen LogP contribution in [0.4, 0.5) is 5.69 Å². The van der Waals surface area contributed by atoms with Crippen molar-refractivity contribution in [1.82, 2.24) is 0 Å². The zero-order valence-corrected chi connectivity index (χ0v) is 19.7. The number of nitrogen functional groups attached to an aromatic ring is 1. The summed E-state index contributed by atoms with van der Waals surface area (Å²) in [6.07, 6.45) is 21.2. The van der Waals surface area contributed by atoms with Gasteiger partial charge in [0.2, 0.25) is 0 Å². The van der Waals surface area contributed by atoms with E-state index in [0.29, 0.717) is 11.8 Å². The van der Waals surface area contributed by atoms with Gasteiger partial charge in [-0.25, -0.2) is 0 Å². The molecule has 0 amide bonds. The van der Waals surface area contributed by atoms with Gasteiger partial charge in [0.25, 0.3) is 0 Å². The molecule has 3 aliphatic carbocycles. The number of rotatable bonds is 4. The van der Waals surface area contributed by atoms with Gasteiger partial charge >= 0.3 is 0 Å². The van der Waals surface area contributed by atoms with Crippen LogP contribution >= 0.6 is 0 Å². The van der Waals surface area contributed by atoms with Gasteiger partial charge in [0.15, 0.2) is 0 Å². The van der Waals surface area contributed by atoms with E-state index in [-0.39, 0.29) is 0 Å². The number of hydrogen-bond donors (Lipinski definition) is 1. The Hall–Kier alpha value is -2.28. The fourth-order valence-electron chi connectivity index (χ4n) is 6.39. The Kier molecular flexibility index (Phi) is 6.53. The number of allylic oxidation sites excluding steroid dienone is 4. The van der Waals surface area contributed by atoms with Gasteiger partial charge in [-0.2, -0.15) is 0 Å². The van der Waals surface area contributed by atoms with E-state index < -0.39 is 0 Å². The van der Waals surface area contributed by atoms with E-state index in [1.165, 1.54) is 86.5 Å². The first-order valence-electron chi connectivity index (χ1n) is 13.1. The fraction of sp³-hybridized carbons (Fsp3) is 0.484. The minimum absolute atomic E-state index is 0.408. The minimum Gasteiger partial charge on any atom is -0.399 e. The summed E-state index contributed by atoms with van der Waals surface area (Å²) in [7, 11) is 0. The second kappa shape index (κ2) is 9.69. The lowest BCUT2D eigenvalue weighted by Gasteiger charge is -2.29. The number of nitrogens with two attached hydrogens (primary N) is 1. The highest BCUT2D eigenvalue weighted by Gasteiger charge is 2.24. The Morgan fingerprint density at radius 1 is 0.688 bits per heavy atom. The summed E-state index contributed by atoms with van der Waals surface area (Å²) in [6.45, 7) is 2.37. The van der Waals surface area contributed by atoms with Crippen molar-refractivity contribution < 1.29 is 0 Å². The molecular formula is C31H39N. The maximum absolute atomic E-state index is 6.40. The molecule has 32 heavy (non-hydrogen) atoms. The third-order valence-electron chi connectivity index (χ3n) is 8.28. The molecule has 2 N–H and O–H groups in total. The van der Waals surface area contributed by atoms with E-state index >= 15 is 0 Å². The number of anilines is 1. The quantitative estimate of drug-likeness (QED) is 0.487. The van der Waals surface area contributed by atoms with Crippen molar-refractivity contribution in [2.24, 2.45) is 11.8 Å². The zero-order chi connectivity index (χ0) is 21.9. The molecule has 0 bridgehead atoms. The molecule has 2 aromatic carbocycles. The van der Waals surface area contributed by atoms with Gasteiger partial charge in [-0.05, 0) is 83.4 Å². The fourth-order valence-corrected chi connectivity index (χ4v) is 6.39. The van der Waals surface area contributed by atoms with Crippen molar-refractivity contribution in [3.63, 3.8) is 0 Å². The second-order valence-corrected chi connectivity index (χ2v) is 10.6. The monoisotopic (exact) mass is 425 g/mol. The molecule has 1 heteroatoms. The van der Waals surface area contributed by atoms with E-state index in [4.69, 9.17) is 5.73 Å². The van der Waals surface area contributed by atoms with Crippen LogP contribution in [0.15, 0.2) is 66.3 Å². The maximum Gasteiger partial charge on any atom is 0.0323 e. The third kappa shape index (κ3) is 4.72. The standard InChI is InChI=1S/C31H39N/c1-22-18-27(24-10-6-3-7-11-24)16-17-31(22)29-19-28(20-30(32)21-29)26-14-12-25(13-15-26)23-8-4-2-5-9-23/h12-24,31H,2-11,32H2,1H3. The molecule has 0 radical (unpaired) electrons. The van der Waals surface area contributed by atoms with Crippen LogP contribution in [0.2, 0.25) is 0 Å². The molecule has 2 saturated carbocycles. The topological polar surface area (TPSA) is 26.0 Å². The van der Waals surface area contributed by atoms with E-state index in [1.54, 1.807) is 5.57 Å². The SMILES string of the molecule is CC1C=C(C2CCCCC2)C=CC1c1cc(N)cc(-c2ccc(C3CCCCC3)cc2)c1. The zero-order valence-electron chi connectivity index (χ0n) is 19.7. The summed E-state index contributed by atoms with van der Waals surface area (Å²) in [5.41, 5.74) is 14.2. The van der Waals surface area contributed by atoms with Gasteiger partial charge in [0, 0.05) is 11.6 Å². The molecule has 168 valence electrons. The van der Waals surface area contributed by atoms with E-state index in [0.717, 1.165) is 17.5 Å². The number of benzene rings is 2. The van der Waals surface area contributed by atoms with Gasteiger partial charge in [-0.1, -0.05) is 94.0 Å². The van der Waals surface area contributed by atoms with Crippen LogP contribution in [0.5, 0.6) is 0 Å². The molecule has 5 rings (SSSR count).